The number of benzene rings is 4. The van der Waals surface area contributed by atoms with Crippen LogP contribution in [0.15, 0.2) is 97.1 Å². The largest absolute Gasteiger partial charge is 0.497 e. The van der Waals surface area contributed by atoms with Gasteiger partial charge in [-0.05, 0) is 73.5 Å². The summed E-state index contributed by atoms with van der Waals surface area (Å²) in [6.45, 7) is 3.89. The summed E-state index contributed by atoms with van der Waals surface area (Å²) in [5, 5.41) is 0. The van der Waals surface area contributed by atoms with Crippen molar-refractivity contribution in [3.8, 4) is 29.1 Å². The van der Waals surface area contributed by atoms with E-state index in [-0.39, 0.29) is 11.8 Å². The molecule has 0 spiro atoms. The van der Waals surface area contributed by atoms with Gasteiger partial charge >= 0.3 is 0 Å². The number of hydrogen-bond acceptors (Lipinski definition) is 4. The Morgan fingerprint density at radius 2 is 1.39 bits per heavy atom. The fraction of sp³-hybridized carbons (Fsp3) is 0.152. The van der Waals surface area contributed by atoms with E-state index in [4.69, 9.17) is 9.47 Å². The van der Waals surface area contributed by atoms with Gasteiger partial charge in [-0.15, -0.1) is 0 Å². The second kappa shape index (κ2) is 10.3. The molecule has 0 aliphatic carbocycles. The van der Waals surface area contributed by atoms with Crippen LogP contribution in [-0.2, 0) is 5.54 Å². The summed E-state index contributed by atoms with van der Waals surface area (Å²) in [7, 11) is 1.61. The fourth-order valence-corrected chi connectivity index (χ4v) is 4.61. The first-order valence-electron chi connectivity index (χ1n) is 12.5. The summed E-state index contributed by atoms with van der Waals surface area (Å²) < 4.78 is 11.2. The number of ether oxygens (including phenoxy) is 2. The first-order chi connectivity index (χ1) is 18.4. The number of amides is 2. The maximum absolute atomic E-state index is 13.6. The molecule has 2 amide bonds. The summed E-state index contributed by atoms with van der Waals surface area (Å²) in [5.41, 5.74) is 2.36. The van der Waals surface area contributed by atoms with Crippen molar-refractivity contribution in [3.63, 3.8) is 0 Å². The molecule has 4 aromatic rings. The van der Waals surface area contributed by atoms with Crippen LogP contribution in [0, 0.1) is 11.8 Å². The van der Waals surface area contributed by atoms with E-state index >= 15 is 0 Å². The summed E-state index contributed by atoms with van der Waals surface area (Å²) in [6, 6.07) is 29.7. The minimum Gasteiger partial charge on any atom is -0.497 e. The molecule has 1 atom stereocenters. The van der Waals surface area contributed by atoms with Gasteiger partial charge in [-0.2, -0.15) is 0 Å². The fourth-order valence-electron chi connectivity index (χ4n) is 4.61. The normalized spacial score (nSPS) is 13.8. The Balaban J connectivity index is 1.40. The smallest absolute Gasteiger partial charge is 0.262 e. The molecular weight excluding hydrogens is 474 g/mol. The number of methoxy groups -OCH3 is 1. The summed E-state index contributed by atoms with van der Waals surface area (Å²) >= 11 is 0. The molecule has 0 aromatic heterocycles. The maximum atomic E-state index is 13.6. The van der Waals surface area contributed by atoms with Gasteiger partial charge in [0.2, 0.25) is 0 Å². The lowest BCUT2D eigenvalue weighted by atomic mass is 9.87. The number of fused-ring (bicyclic) bond motifs is 1. The van der Waals surface area contributed by atoms with Crippen LogP contribution in [0.2, 0.25) is 0 Å². The number of imide groups is 1. The first-order valence-corrected chi connectivity index (χ1v) is 12.5. The molecule has 5 rings (SSSR count). The highest BCUT2D eigenvalue weighted by Crippen LogP contribution is 2.39. The van der Waals surface area contributed by atoms with Crippen molar-refractivity contribution in [2.75, 3.05) is 7.11 Å². The van der Waals surface area contributed by atoms with Crippen LogP contribution >= 0.6 is 0 Å². The molecule has 0 radical (unpaired) electrons. The molecule has 0 fully saturated rings. The van der Waals surface area contributed by atoms with Crippen LogP contribution in [-0.4, -0.2) is 23.8 Å². The van der Waals surface area contributed by atoms with E-state index in [1.165, 1.54) is 4.90 Å². The predicted octanol–water partition coefficient (Wildman–Crippen LogP) is 6.81. The molecule has 0 bridgehead atoms. The summed E-state index contributed by atoms with van der Waals surface area (Å²) in [6.07, 6.45) is 0.551. The molecule has 1 aliphatic rings. The summed E-state index contributed by atoms with van der Waals surface area (Å²) in [4.78, 5) is 28.5. The monoisotopic (exact) mass is 501 g/mol. The molecule has 4 aromatic carbocycles. The lowest BCUT2D eigenvalue weighted by Crippen LogP contribution is -2.47. The van der Waals surface area contributed by atoms with Gasteiger partial charge in [0.15, 0.2) is 0 Å². The molecule has 0 saturated heterocycles. The van der Waals surface area contributed by atoms with Gasteiger partial charge in [0.1, 0.15) is 17.2 Å². The van der Waals surface area contributed by atoms with E-state index < -0.39 is 5.54 Å². The van der Waals surface area contributed by atoms with Crippen molar-refractivity contribution in [3.05, 3.63) is 125 Å². The molecule has 0 saturated carbocycles. The number of nitrogens with zero attached hydrogens (tertiary/aromatic N) is 1. The highest BCUT2D eigenvalue weighted by Gasteiger charge is 2.46. The van der Waals surface area contributed by atoms with Gasteiger partial charge in [-0.25, -0.2) is 0 Å². The highest BCUT2D eigenvalue weighted by atomic mass is 16.5. The standard InChI is InChI=1S/C33H27NO4/c1-4-33(2,25-16-18-26(19-17-25)38-28-12-8-11-27(22-28)37-3)34-31(35)29-20-15-24(21-30(29)32(34)36)14-13-23-9-6-5-7-10-23/h5-12,15-22H,4H2,1-3H3. The number of rotatable bonds is 6. The zero-order valence-corrected chi connectivity index (χ0v) is 21.5. The Kier molecular flexibility index (Phi) is 6.72. The minimum atomic E-state index is -0.836. The lowest BCUT2D eigenvalue weighted by Gasteiger charge is -2.37. The molecule has 1 heterocycles. The Morgan fingerprint density at radius 3 is 2.11 bits per heavy atom. The molecule has 188 valence electrons. The molecule has 1 unspecified atom stereocenters. The van der Waals surface area contributed by atoms with E-state index in [0.717, 1.165) is 11.1 Å². The molecule has 1 aliphatic heterocycles. The van der Waals surface area contributed by atoms with Crippen LogP contribution in [0.1, 0.15) is 57.7 Å². The van der Waals surface area contributed by atoms with Gasteiger partial charge in [0.25, 0.3) is 11.8 Å². The minimum absolute atomic E-state index is 0.298. The number of carbonyl (C=O) groups is 2. The third-order valence-electron chi connectivity index (χ3n) is 6.95. The van der Waals surface area contributed by atoms with E-state index in [2.05, 4.69) is 11.8 Å². The van der Waals surface area contributed by atoms with E-state index in [9.17, 15) is 9.59 Å². The highest BCUT2D eigenvalue weighted by molar-refractivity contribution is 6.22. The van der Waals surface area contributed by atoms with Gasteiger partial charge in [-0.3, -0.25) is 14.5 Å². The van der Waals surface area contributed by atoms with Crippen LogP contribution in [0.3, 0.4) is 0 Å². The third kappa shape index (κ3) is 4.65. The SMILES string of the molecule is CCC(C)(c1ccc(Oc2cccc(OC)c2)cc1)N1C(=O)c2ccc(C#Cc3ccccc3)cc2C1=O. The lowest BCUT2D eigenvalue weighted by molar-refractivity contribution is 0.0435. The van der Waals surface area contributed by atoms with Crippen molar-refractivity contribution in [2.24, 2.45) is 0 Å². The van der Waals surface area contributed by atoms with Gasteiger partial charge in [-0.1, -0.05) is 55.2 Å². The Labute approximate surface area is 222 Å². The van der Waals surface area contributed by atoms with Crippen LogP contribution < -0.4 is 9.47 Å². The van der Waals surface area contributed by atoms with Gasteiger partial charge in [0, 0.05) is 17.2 Å². The average molecular weight is 502 g/mol. The number of carbonyl (C=O) groups excluding carboxylic acids is 2. The van der Waals surface area contributed by atoms with Crippen molar-refractivity contribution < 1.29 is 19.1 Å². The third-order valence-corrected chi connectivity index (χ3v) is 6.95. The van der Waals surface area contributed by atoms with Crippen LogP contribution in [0.25, 0.3) is 0 Å². The Bertz CT molecular complexity index is 1560. The zero-order valence-electron chi connectivity index (χ0n) is 21.5. The van der Waals surface area contributed by atoms with Crippen molar-refractivity contribution >= 4 is 11.8 Å². The van der Waals surface area contributed by atoms with Gasteiger partial charge < -0.3 is 9.47 Å². The van der Waals surface area contributed by atoms with Crippen molar-refractivity contribution in [2.45, 2.75) is 25.8 Å². The summed E-state index contributed by atoms with van der Waals surface area (Å²) in [5.74, 6) is 7.61. The van der Waals surface area contributed by atoms with E-state index in [1.54, 1.807) is 31.4 Å². The van der Waals surface area contributed by atoms with Gasteiger partial charge in [0.05, 0.1) is 23.8 Å². The zero-order chi connectivity index (χ0) is 26.7. The molecule has 5 heteroatoms. The number of hydrogen-bond donors (Lipinski definition) is 0. The van der Waals surface area contributed by atoms with E-state index in [0.29, 0.717) is 40.4 Å². The average Bonchev–Trinajstić information content (AvgIpc) is 3.21. The quantitative estimate of drug-likeness (QED) is 0.215. The topological polar surface area (TPSA) is 55.8 Å². The second-order valence-electron chi connectivity index (χ2n) is 9.25. The predicted molar refractivity (Wildman–Crippen MR) is 147 cm³/mol. The maximum Gasteiger partial charge on any atom is 0.262 e. The molecule has 5 nitrogen and oxygen atoms in total. The van der Waals surface area contributed by atoms with Crippen LogP contribution in [0.4, 0.5) is 0 Å². The second-order valence-corrected chi connectivity index (χ2v) is 9.25. The Morgan fingerprint density at radius 1 is 0.711 bits per heavy atom. The molecule has 38 heavy (non-hydrogen) atoms. The molecule has 0 N–H and O–H groups in total. The Hall–Kier alpha value is -4.82. The van der Waals surface area contributed by atoms with Crippen molar-refractivity contribution in [1.82, 2.24) is 4.90 Å². The molecular formula is C33H27NO4. The van der Waals surface area contributed by atoms with Crippen molar-refractivity contribution in [1.29, 1.82) is 0 Å². The van der Waals surface area contributed by atoms with E-state index in [1.807, 2.05) is 86.6 Å². The van der Waals surface area contributed by atoms with Crippen LogP contribution in [0.5, 0.6) is 17.2 Å². The first kappa shape index (κ1) is 24.9.